The van der Waals surface area contributed by atoms with E-state index in [2.05, 4.69) is 13.8 Å². The monoisotopic (exact) mass is 280 g/mol. The minimum absolute atomic E-state index is 0.0845. The van der Waals surface area contributed by atoms with Gasteiger partial charge in [0.1, 0.15) is 5.78 Å². The first kappa shape index (κ1) is 15.5. The van der Waals surface area contributed by atoms with Gasteiger partial charge in [-0.3, -0.25) is 9.59 Å². The van der Waals surface area contributed by atoms with Crippen LogP contribution in [0.25, 0.3) is 0 Å². The normalized spacial score (nSPS) is 34.6. The molecular formula is C17H28O3. The van der Waals surface area contributed by atoms with E-state index in [1.54, 1.807) is 0 Å². The standard InChI is InChI=1S/C17H28O3/c1-4-6-16(19)20-11-12(2)13-8-9-14-15(18)7-5-10-17(13,14)3/h12-14H,4-11H2,1-3H3/t12-,13-,14+,17-/m1/s1. The van der Waals surface area contributed by atoms with Crippen molar-refractivity contribution in [1.82, 2.24) is 0 Å². The molecule has 2 fully saturated rings. The van der Waals surface area contributed by atoms with Crippen LogP contribution in [0.2, 0.25) is 0 Å². The van der Waals surface area contributed by atoms with Crippen LogP contribution >= 0.6 is 0 Å². The van der Waals surface area contributed by atoms with Crippen LogP contribution in [0.4, 0.5) is 0 Å². The van der Waals surface area contributed by atoms with E-state index < -0.39 is 0 Å². The van der Waals surface area contributed by atoms with Crippen LogP contribution in [0.1, 0.15) is 65.7 Å². The van der Waals surface area contributed by atoms with E-state index in [0.29, 0.717) is 30.6 Å². The van der Waals surface area contributed by atoms with E-state index in [0.717, 1.165) is 38.5 Å². The highest BCUT2D eigenvalue weighted by atomic mass is 16.5. The van der Waals surface area contributed by atoms with E-state index in [-0.39, 0.29) is 17.3 Å². The molecule has 0 aromatic rings. The molecule has 0 saturated heterocycles. The summed E-state index contributed by atoms with van der Waals surface area (Å²) in [4.78, 5) is 23.6. The Morgan fingerprint density at radius 1 is 1.45 bits per heavy atom. The highest BCUT2D eigenvalue weighted by molar-refractivity contribution is 5.83. The van der Waals surface area contributed by atoms with Gasteiger partial charge in [0.05, 0.1) is 6.61 Å². The van der Waals surface area contributed by atoms with Crippen molar-refractivity contribution in [2.75, 3.05) is 6.61 Å². The molecule has 0 bridgehead atoms. The second-order valence-corrected chi connectivity index (χ2v) is 6.97. The Bertz CT molecular complexity index is 376. The Kier molecular flexibility index (Phi) is 4.87. The number of rotatable bonds is 5. The number of ether oxygens (including phenoxy) is 1. The third kappa shape index (κ3) is 2.91. The number of ketones is 1. The number of fused-ring (bicyclic) bond motifs is 1. The Hall–Kier alpha value is -0.860. The summed E-state index contributed by atoms with van der Waals surface area (Å²) < 4.78 is 5.38. The van der Waals surface area contributed by atoms with Gasteiger partial charge in [0.25, 0.3) is 0 Å². The van der Waals surface area contributed by atoms with Crippen molar-refractivity contribution in [3.8, 4) is 0 Å². The fourth-order valence-corrected chi connectivity index (χ4v) is 4.52. The maximum Gasteiger partial charge on any atom is 0.305 e. The fraction of sp³-hybridized carbons (Fsp3) is 0.882. The van der Waals surface area contributed by atoms with Gasteiger partial charge < -0.3 is 4.74 Å². The SMILES string of the molecule is CCCC(=O)OC[C@@H](C)[C@H]1CC[C@H]2C(=O)CCC[C@]12C. The molecule has 0 amide bonds. The molecule has 114 valence electrons. The van der Waals surface area contributed by atoms with E-state index in [9.17, 15) is 9.59 Å². The molecule has 0 aromatic heterocycles. The summed E-state index contributed by atoms with van der Waals surface area (Å²) in [5.41, 5.74) is 0.145. The summed E-state index contributed by atoms with van der Waals surface area (Å²) in [6.07, 6.45) is 6.45. The van der Waals surface area contributed by atoms with Gasteiger partial charge in [-0.1, -0.05) is 20.8 Å². The molecule has 0 spiro atoms. The molecule has 3 heteroatoms. The molecule has 2 aliphatic carbocycles. The van der Waals surface area contributed by atoms with E-state index in [1.165, 1.54) is 0 Å². The lowest BCUT2D eigenvalue weighted by Gasteiger charge is -2.42. The van der Waals surface area contributed by atoms with Crippen LogP contribution in [-0.2, 0) is 14.3 Å². The molecule has 20 heavy (non-hydrogen) atoms. The number of esters is 1. The first-order valence-corrected chi connectivity index (χ1v) is 8.17. The van der Waals surface area contributed by atoms with Crippen molar-refractivity contribution >= 4 is 11.8 Å². The maximum absolute atomic E-state index is 12.1. The van der Waals surface area contributed by atoms with E-state index in [4.69, 9.17) is 4.74 Å². The van der Waals surface area contributed by atoms with Crippen LogP contribution in [0.3, 0.4) is 0 Å². The van der Waals surface area contributed by atoms with Crippen molar-refractivity contribution in [3.63, 3.8) is 0 Å². The van der Waals surface area contributed by atoms with Gasteiger partial charge in [-0.15, -0.1) is 0 Å². The predicted octanol–water partition coefficient (Wildman–Crippen LogP) is 3.75. The Balaban J connectivity index is 1.95. The molecule has 0 aromatic carbocycles. The molecule has 0 aliphatic heterocycles. The quantitative estimate of drug-likeness (QED) is 0.720. The third-order valence-electron chi connectivity index (χ3n) is 5.58. The number of hydrogen-bond acceptors (Lipinski definition) is 3. The van der Waals surface area contributed by atoms with Crippen molar-refractivity contribution in [3.05, 3.63) is 0 Å². The summed E-state index contributed by atoms with van der Waals surface area (Å²) in [6.45, 7) is 6.97. The lowest BCUT2D eigenvalue weighted by Crippen LogP contribution is -2.40. The second-order valence-electron chi connectivity index (χ2n) is 6.97. The van der Waals surface area contributed by atoms with Gasteiger partial charge >= 0.3 is 5.97 Å². The highest BCUT2D eigenvalue weighted by Crippen LogP contribution is 2.56. The van der Waals surface area contributed by atoms with Crippen molar-refractivity contribution in [2.45, 2.75) is 65.7 Å². The summed E-state index contributed by atoms with van der Waals surface area (Å²) in [5.74, 6) is 1.52. The Labute approximate surface area is 122 Å². The zero-order valence-electron chi connectivity index (χ0n) is 13.1. The molecule has 0 heterocycles. The minimum atomic E-state index is -0.0845. The number of carbonyl (C=O) groups excluding carboxylic acids is 2. The van der Waals surface area contributed by atoms with Gasteiger partial charge in [-0.05, 0) is 49.4 Å². The summed E-state index contributed by atoms with van der Waals surface area (Å²) in [5, 5.41) is 0. The first-order chi connectivity index (χ1) is 9.49. The van der Waals surface area contributed by atoms with Crippen LogP contribution in [0.15, 0.2) is 0 Å². The van der Waals surface area contributed by atoms with Gasteiger partial charge in [-0.2, -0.15) is 0 Å². The van der Waals surface area contributed by atoms with E-state index in [1.807, 2.05) is 6.92 Å². The third-order valence-corrected chi connectivity index (χ3v) is 5.58. The molecule has 2 aliphatic rings. The van der Waals surface area contributed by atoms with Gasteiger partial charge in [0.2, 0.25) is 0 Å². The van der Waals surface area contributed by atoms with Crippen LogP contribution in [-0.4, -0.2) is 18.4 Å². The number of carbonyl (C=O) groups is 2. The molecule has 0 N–H and O–H groups in total. The zero-order chi connectivity index (χ0) is 14.8. The smallest absolute Gasteiger partial charge is 0.305 e. The van der Waals surface area contributed by atoms with Crippen LogP contribution in [0, 0.1) is 23.2 Å². The lowest BCUT2D eigenvalue weighted by molar-refractivity contribution is -0.146. The molecule has 4 atom stereocenters. The van der Waals surface area contributed by atoms with Crippen molar-refractivity contribution in [2.24, 2.45) is 23.2 Å². The molecule has 2 saturated carbocycles. The summed E-state index contributed by atoms with van der Waals surface area (Å²) in [6, 6.07) is 0. The fourth-order valence-electron chi connectivity index (χ4n) is 4.52. The summed E-state index contributed by atoms with van der Waals surface area (Å²) in [7, 11) is 0. The number of hydrogen-bond donors (Lipinski definition) is 0. The highest BCUT2D eigenvalue weighted by Gasteiger charge is 2.52. The van der Waals surface area contributed by atoms with Crippen molar-refractivity contribution < 1.29 is 14.3 Å². The maximum atomic E-state index is 12.1. The minimum Gasteiger partial charge on any atom is -0.465 e. The average Bonchev–Trinajstić information content (AvgIpc) is 2.75. The molecular weight excluding hydrogens is 252 g/mol. The predicted molar refractivity (Wildman–Crippen MR) is 78.2 cm³/mol. The molecule has 0 radical (unpaired) electrons. The van der Waals surface area contributed by atoms with E-state index >= 15 is 0 Å². The Morgan fingerprint density at radius 2 is 2.20 bits per heavy atom. The molecule has 0 unspecified atom stereocenters. The zero-order valence-corrected chi connectivity index (χ0v) is 13.1. The average molecular weight is 280 g/mol. The Morgan fingerprint density at radius 3 is 2.90 bits per heavy atom. The van der Waals surface area contributed by atoms with Gasteiger partial charge in [0.15, 0.2) is 0 Å². The first-order valence-electron chi connectivity index (χ1n) is 8.17. The number of Topliss-reactive ketones (excluding diaryl/α,β-unsaturated/α-hetero) is 1. The van der Waals surface area contributed by atoms with Gasteiger partial charge in [0, 0.05) is 18.8 Å². The topological polar surface area (TPSA) is 43.4 Å². The second kappa shape index (κ2) is 6.28. The largest absolute Gasteiger partial charge is 0.465 e. The van der Waals surface area contributed by atoms with Crippen LogP contribution < -0.4 is 0 Å². The van der Waals surface area contributed by atoms with Crippen molar-refractivity contribution in [1.29, 1.82) is 0 Å². The van der Waals surface area contributed by atoms with Crippen LogP contribution in [0.5, 0.6) is 0 Å². The summed E-state index contributed by atoms with van der Waals surface area (Å²) >= 11 is 0. The molecule has 3 nitrogen and oxygen atoms in total. The lowest BCUT2D eigenvalue weighted by atomic mass is 9.62. The molecule has 2 rings (SSSR count). The van der Waals surface area contributed by atoms with Gasteiger partial charge in [-0.25, -0.2) is 0 Å².